The maximum absolute atomic E-state index is 12.9. The van der Waals surface area contributed by atoms with Gasteiger partial charge in [-0.1, -0.05) is 30.3 Å². The number of benzene rings is 1. The Morgan fingerprint density at radius 3 is 2.36 bits per heavy atom. The van der Waals surface area contributed by atoms with Crippen LogP contribution in [0.1, 0.15) is 24.7 Å². The summed E-state index contributed by atoms with van der Waals surface area (Å²) in [4.78, 5) is 18.2. The molecule has 0 aliphatic rings. The molecular weight excluding hydrogens is 320 g/mol. The van der Waals surface area contributed by atoms with Crippen LogP contribution in [-0.2, 0) is 14.6 Å². The fourth-order valence-corrected chi connectivity index (χ4v) is 4.93. The van der Waals surface area contributed by atoms with E-state index in [0.29, 0.717) is 18.7 Å². The van der Waals surface area contributed by atoms with Crippen LogP contribution in [0.4, 0.5) is 0 Å². The number of thiazole rings is 1. The Labute approximate surface area is 134 Å². The van der Waals surface area contributed by atoms with Crippen molar-refractivity contribution in [1.82, 2.24) is 9.88 Å². The van der Waals surface area contributed by atoms with Gasteiger partial charge < -0.3 is 4.90 Å². The van der Waals surface area contributed by atoms with Crippen LogP contribution in [0, 0.1) is 0 Å². The minimum absolute atomic E-state index is 0.0261. The molecule has 1 atom stereocenters. The number of hydrogen-bond acceptors (Lipinski definition) is 5. The number of rotatable bonds is 6. The molecule has 0 radical (unpaired) electrons. The van der Waals surface area contributed by atoms with E-state index in [1.165, 1.54) is 11.1 Å². The quantitative estimate of drug-likeness (QED) is 0.812. The zero-order chi connectivity index (χ0) is 16.2. The van der Waals surface area contributed by atoms with Gasteiger partial charge in [0.15, 0.2) is 5.25 Å². The fraction of sp³-hybridized carbons (Fsp3) is 0.333. The van der Waals surface area contributed by atoms with Gasteiger partial charge in [0.2, 0.25) is 20.1 Å². The van der Waals surface area contributed by atoms with Crippen LogP contribution in [0.15, 0.2) is 46.2 Å². The standard InChI is InChI=1S/C15H18N2O3S2/c1-3-17(4-2)14(18)13(12-8-6-5-7-9-12)22(19,20)15-16-10-11-21-15/h5-11,13H,3-4H2,1-2H3/t13-/m0/s1. The number of nitrogens with zero attached hydrogens (tertiary/aromatic N) is 2. The van der Waals surface area contributed by atoms with E-state index in [1.807, 2.05) is 13.8 Å². The van der Waals surface area contributed by atoms with Crippen LogP contribution in [0.2, 0.25) is 0 Å². The maximum Gasteiger partial charge on any atom is 0.245 e. The molecule has 1 aromatic heterocycles. The SMILES string of the molecule is CCN(CC)C(=O)[C@H](c1ccccc1)S(=O)(=O)c1nccs1. The summed E-state index contributed by atoms with van der Waals surface area (Å²) < 4.78 is 25.7. The second-order valence-electron chi connectivity index (χ2n) is 4.64. The van der Waals surface area contributed by atoms with Crippen molar-refractivity contribution < 1.29 is 13.2 Å². The lowest BCUT2D eigenvalue weighted by Crippen LogP contribution is -2.38. The number of carbonyl (C=O) groups is 1. The Hall–Kier alpha value is -1.73. The third-order valence-corrected chi connectivity index (χ3v) is 6.60. The second-order valence-corrected chi connectivity index (χ2v) is 7.75. The van der Waals surface area contributed by atoms with E-state index in [1.54, 1.807) is 35.7 Å². The van der Waals surface area contributed by atoms with Crippen molar-refractivity contribution in [2.75, 3.05) is 13.1 Å². The maximum atomic E-state index is 12.9. The number of likely N-dealkylation sites (N-methyl/N-ethyl adjacent to an activating group) is 1. The number of aromatic nitrogens is 1. The Morgan fingerprint density at radius 2 is 1.86 bits per heavy atom. The van der Waals surface area contributed by atoms with Gasteiger partial charge in [0.25, 0.3) is 0 Å². The van der Waals surface area contributed by atoms with Crippen LogP contribution < -0.4 is 0 Å². The van der Waals surface area contributed by atoms with E-state index in [0.717, 1.165) is 11.3 Å². The molecule has 0 saturated heterocycles. The fourth-order valence-electron chi connectivity index (χ4n) is 2.24. The number of amides is 1. The van der Waals surface area contributed by atoms with Crippen molar-refractivity contribution in [2.45, 2.75) is 23.4 Å². The molecule has 1 aromatic carbocycles. The van der Waals surface area contributed by atoms with Gasteiger partial charge >= 0.3 is 0 Å². The Kier molecular flexibility index (Phi) is 5.31. The number of sulfone groups is 1. The van der Waals surface area contributed by atoms with Gasteiger partial charge in [-0.05, 0) is 19.4 Å². The number of hydrogen-bond donors (Lipinski definition) is 0. The van der Waals surface area contributed by atoms with Crippen LogP contribution in [0.3, 0.4) is 0 Å². The highest BCUT2D eigenvalue weighted by Crippen LogP contribution is 2.31. The molecule has 1 amide bonds. The van der Waals surface area contributed by atoms with E-state index in [9.17, 15) is 13.2 Å². The minimum atomic E-state index is -3.86. The highest BCUT2D eigenvalue weighted by atomic mass is 32.2. The Morgan fingerprint density at radius 1 is 1.23 bits per heavy atom. The van der Waals surface area contributed by atoms with Gasteiger partial charge in [0, 0.05) is 24.7 Å². The molecule has 22 heavy (non-hydrogen) atoms. The molecule has 2 aromatic rings. The summed E-state index contributed by atoms with van der Waals surface area (Å²) in [6.07, 6.45) is 1.43. The lowest BCUT2D eigenvalue weighted by Gasteiger charge is -2.24. The van der Waals surface area contributed by atoms with Gasteiger partial charge in [-0.15, -0.1) is 11.3 Å². The third kappa shape index (κ3) is 3.20. The van der Waals surface area contributed by atoms with E-state index < -0.39 is 21.0 Å². The number of carbonyl (C=O) groups excluding carboxylic acids is 1. The molecule has 0 aliphatic carbocycles. The van der Waals surface area contributed by atoms with Crippen molar-refractivity contribution in [3.8, 4) is 0 Å². The monoisotopic (exact) mass is 338 g/mol. The molecule has 5 nitrogen and oxygen atoms in total. The average molecular weight is 338 g/mol. The van der Waals surface area contributed by atoms with Crippen molar-refractivity contribution in [3.05, 3.63) is 47.5 Å². The van der Waals surface area contributed by atoms with Crippen LogP contribution in [0.5, 0.6) is 0 Å². The van der Waals surface area contributed by atoms with Crippen molar-refractivity contribution in [1.29, 1.82) is 0 Å². The summed E-state index contributed by atoms with van der Waals surface area (Å²) in [5.74, 6) is -0.411. The molecular formula is C15H18N2O3S2. The third-order valence-electron chi connectivity index (χ3n) is 3.37. The van der Waals surface area contributed by atoms with E-state index in [-0.39, 0.29) is 4.34 Å². The second kappa shape index (κ2) is 7.02. The molecule has 0 unspecified atom stereocenters. The molecule has 7 heteroatoms. The molecule has 0 fully saturated rings. The highest BCUT2D eigenvalue weighted by Gasteiger charge is 2.39. The minimum Gasteiger partial charge on any atom is -0.342 e. The first-order valence-corrected chi connectivity index (χ1v) is 9.42. The predicted octanol–water partition coefficient (Wildman–Crippen LogP) is 2.53. The van der Waals surface area contributed by atoms with Crippen molar-refractivity contribution >= 4 is 27.1 Å². The molecule has 1 heterocycles. The predicted molar refractivity (Wildman–Crippen MR) is 86.4 cm³/mol. The summed E-state index contributed by atoms with van der Waals surface area (Å²) in [6.45, 7) is 4.59. The van der Waals surface area contributed by atoms with Gasteiger partial charge in [-0.3, -0.25) is 4.79 Å². The van der Waals surface area contributed by atoms with E-state index >= 15 is 0 Å². The topological polar surface area (TPSA) is 67.3 Å². The van der Waals surface area contributed by atoms with E-state index in [4.69, 9.17) is 0 Å². The summed E-state index contributed by atoms with van der Waals surface area (Å²) in [7, 11) is -3.86. The smallest absolute Gasteiger partial charge is 0.245 e. The van der Waals surface area contributed by atoms with Gasteiger partial charge in [-0.25, -0.2) is 13.4 Å². The average Bonchev–Trinajstić information content (AvgIpc) is 3.04. The molecule has 0 bridgehead atoms. The Bertz CT molecular complexity index is 709. The van der Waals surface area contributed by atoms with E-state index in [2.05, 4.69) is 4.98 Å². The molecule has 0 aliphatic heterocycles. The van der Waals surface area contributed by atoms with Gasteiger partial charge in [-0.2, -0.15) is 0 Å². The van der Waals surface area contributed by atoms with Gasteiger partial charge in [0.1, 0.15) is 0 Å². The molecule has 0 saturated carbocycles. The summed E-state index contributed by atoms with van der Waals surface area (Å²) in [5, 5.41) is 0.344. The van der Waals surface area contributed by atoms with Crippen LogP contribution in [0.25, 0.3) is 0 Å². The zero-order valence-electron chi connectivity index (χ0n) is 12.5. The Balaban J connectivity index is 2.54. The highest BCUT2D eigenvalue weighted by molar-refractivity contribution is 7.94. The molecule has 118 valence electrons. The zero-order valence-corrected chi connectivity index (χ0v) is 14.1. The van der Waals surface area contributed by atoms with Crippen LogP contribution in [-0.4, -0.2) is 37.3 Å². The first-order valence-electron chi connectivity index (χ1n) is 6.99. The summed E-state index contributed by atoms with van der Waals surface area (Å²) >= 11 is 1.03. The first kappa shape index (κ1) is 16.6. The lowest BCUT2D eigenvalue weighted by molar-refractivity contribution is -0.130. The first-order chi connectivity index (χ1) is 10.5. The van der Waals surface area contributed by atoms with Crippen molar-refractivity contribution in [2.24, 2.45) is 0 Å². The molecule has 0 spiro atoms. The summed E-state index contributed by atoms with van der Waals surface area (Å²) in [5.41, 5.74) is 0.467. The van der Waals surface area contributed by atoms with Crippen molar-refractivity contribution in [3.63, 3.8) is 0 Å². The lowest BCUT2D eigenvalue weighted by atomic mass is 10.1. The normalized spacial score (nSPS) is 12.8. The summed E-state index contributed by atoms with van der Waals surface area (Å²) in [6, 6.07) is 8.58. The van der Waals surface area contributed by atoms with Crippen LogP contribution >= 0.6 is 11.3 Å². The molecule has 2 rings (SSSR count). The van der Waals surface area contributed by atoms with Gasteiger partial charge in [0.05, 0.1) is 0 Å². The largest absolute Gasteiger partial charge is 0.342 e. The molecule has 0 N–H and O–H groups in total.